The van der Waals surface area contributed by atoms with E-state index in [1.807, 2.05) is 0 Å². The van der Waals surface area contributed by atoms with Crippen LogP contribution in [0.1, 0.15) is 48.5 Å². The number of fused-ring (bicyclic) bond motifs is 1. The number of nitrogens with one attached hydrogen (secondary N) is 1. The molecule has 0 saturated carbocycles. The third-order valence-corrected chi connectivity index (χ3v) is 3.63. The zero-order chi connectivity index (χ0) is 13.1. The summed E-state index contributed by atoms with van der Waals surface area (Å²) in [6.07, 6.45) is 3.16. The van der Waals surface area contributed by atoms with E-state index in [9.17, 15) is 0 Å². The van der Waals surface area contributed by atoms with Gasteiger partial charge in [-0.25, -0.2) is 0 Å². The third-order valence-electron chi connectivity index (χ3n) is 3.63. The highest BCUT2D eigenvalue weighted by Gasteiger charge is 2.25. The van der Waals surface area contributed by atoms with Gasteiger partial charge < -0.3 is 9.84 Å². The van der Waals surface area contributed by atoms with Gasteiger partial charge in [0.15, 0.2) is 5.82 Å². The van der Waals surface area contributed by atoms with Crippen LogP contribution in [-0.2, 0) is 13.0 Å². The van der Waals surface area contributed by atoms with Crippen LogP contribution >= 0.6 is 0 Å². The summed E-state index contributed by atoms with van der Waals surface area (Å²) in [5, 5.41) is 7.50. The van der Waals surface area contributed by atoms with Crippen molar-refractivity contribution in [3.63, 3.8) is 0 Å². The predicted octanol–water partition coefficient (Wildman–Crippen LogP) is 2.65. The fourth-order valence-corrected chi connectivity index (χ4v) is 2.56. The van der Waals surface area contributed by atoms with Crippen LogP contribution in [0, 0.1) is 0 Å². The molecule has 2 aromatic rings. The molecule has 0 spiro atoms. The van der Waals surface area contributed by atoms with Gasteiger partial charge in [0.1, 0.15) is 0 Å². The first kappa shape index (κ1) is 12.4. The Balaban J connectivity index is 1.85. The van der Waals surface area contributed by atoms with Gasteiger partial charge in [-0.3, -0.25) is 0 Å². The van der Waals surface area contributed by atoms with E-state index in [-0.39, 0.29) is 5.92 Å². The van der Waals surface area contributed by atoms with Crippen molar-refractivity contribution < 1.29 is 4.52 Å². The third kappa shape index (κ3) is 2.54. The molecule has 0 bridgehead atoms. The van der Waals surface area contributed by atoms with Gasteiger partial charge in [-0.1, -0.05) is 42.8 Å². The first-order valence-corrected chi connectivity index (χ1v) is 6.99. The SMILES string of the molecule is CCCCc1noc(C2CNCc3ccccc32)n1. The van der Waals surface area contributed by atoms with Crippen LogP contribution in [0.3, 0.4) is 0 Å². The van der Waals surface area contributed by atoms with Crippen molar-refractivity contribution in [2.45, 2.75) is 38.6 Å². The molecule has 0 radical (unpaired) electrons. The molecule has 1 aromatic carbocycles. The second-order valence-corrected chi connectivity index (χ2v) is 5.03. The lowest BCUT2D eigenvalue weighted by Crippen LogP contribution is -2.28. The van der Waals surface area contributed by atoms with E-state index >= 15 is 0 Å². The Morgan fingerprint density at radius 1 is 1.37 bits per heavy atom. The molecule has 19 heavy (non-hydrogen) atoms. The van der Waals surface area contributed by atoms with Gasteiger partial charge in [-0.2, -0.15) is 4.98 Å². The van der Waals surface area contributed by atoms with Gasteiger partial charge in [0.2, 0.25) is 5.89 Å². The van der Waals surface area contributed by atoms with Crippen LogP contribution in [0.5, 0.6) is 0 Å². The molecule has 2 heterocycles. The summed E-state index contributed by atoms with van der Waals surface area (Å²) < 4.78 is 5.46. The smallest absolute Gasteiger partial charge is 0.235 e. The summed E-state index contributed by atoms with van der Waals surface area (Å²) in [6, 6.07) is 8.47. The molecule has 1 aromatic heterocycles. The van der Waals surface area contributed by atoms with E-state index in [1.165, 1.54) is 11.1 Å². The van der Waals surface area contributed by atoms with Crippen LogP contribution in [0.2, 0.25) is 0 Å². The van der Waals surface area contributed by atoms with E-state index in [0.29, 0.717) is 0 Å². The lowest BCUT2D eigenvalue weighted by atomic mass is 9.91. The molecule has 100 valence electrons. The second kappa shape index (κ2) is 5.53. The first-order valence-electron chi connectivity index (χ1n) is 6.99. The minimum Gasteiger partial charge on any atom is -0.339 e. The number of aryl methyl sites for hydroxylation is 1. The highest BCUT2D eigenvalue weighted by Crippen LogP contribution is 2.28. The molecule has 1 aliphatic heterocycles. The number of hydrogen-bond acceptors (Lipinski definition) is 4. The fourth-order valence-electron chi connectivity index (χ4n) is 2.56. The maximum atomic E-state index is 5.46. The Morgan fingerprint density at radius 2 is 2.26 bits per heavy atom. The number of rotatable bonds is 4. The van der Waals surface area contributed by atoms with Crippen molar-refractivity contribution in [2.75, 3.05) is 6.54 Å². The Labute approximate surface area is 113 Å². The van der Waals surface area contributed by atoms with Crippen molar-refractivity contribution in [3.8, 4) is 0 Å². The van der Waals surface area contributed by atoms with E-state index in [1.54, 1.807) is 0 Å². The molecule has 1 N–H and O–H groups in total. The Morgan fingerprint density at radius 3 is 3.16 bits per heavy atom. The molecule has 1 unspecified atom stereocenters. The molecule has 0 aliphatic carbocycles. The second-order valence-electron chi connectivity index (χ2n) is 5.03. The highest BCUT2D eigenvalue weighted by molar-refractivity contribution is 5.35. The van der Waals surface area contributed by atoms with Crippen molar-refractivity contribution in [1.29, 1.82) is 0 Å². The first-order chi connectivity index (χ1) is 9.38. The van der Waals surface area contributed by atoms with Crippen molar-refractivity contribution in [3.05, 3.63) is 47.1 Å². The normalized spacial score (nSPS) is 18.3. The minimum absolute atomic E-state index is 0.188. The average Bonchev–Trinajstić information content (AvgIpc) is 2.93. The lowest BCUT2D eigenvalue weighted by Gasteiger charge is -2.23. The Bertz CT molecular complexity index is 550. The summed E-state index contributed by atoms with van der Waals surface area (Å²) in [7, 11) is 0. The maximum absolute atomic E-state index is 5.46. The van der Waals surface area contributed by atoms with Crippen molar-refractivity contribution in [1.82, 2.24) is 15.5 Å². The number of hydrogen-bond donors (Lipinski definition) is 1. The molecule has 4 heteroatoms. The topological polar surface area (TPSA) is 51.0 Å². The number of nitrogens with zero attached hydrogens (tertiary/aromatic N) is 2. The molecule has 1 aliphatic rings. The molecule has 3 rings (SSSR count). The Kier molecular flexibility index (Phi) is 3.60. The summed E-state index contributed by atoms with van der Waals surface area (Å²) in [5.74, 6) is 1.76. The molecular weight excluding hydrogens is 238 g/mol. The van der Waals surface area contributed by atoms with Gasteiger partial charge in [0.25, 0.3) is 0 Å². The quantitative estimate of drug-likeness (QED) is 0.914. The largest absolute Gasteiger partial charge is 0.339 e. The van der Waals surface area contributed by atoms with E-state index in [0.717, 1.165) is 44.1 Å². The summed E-state index contributed by atoms with van der Waals surface area (Å²) in [5.41, 5.74) is 2.64. The summed E-state index contributed by atoms with van der Waals surface area (Å²) in [4.78, 5) is 4.55. The maximum Gasteiger partial charge on any atom is 0.235 e. The zero-order valence-electron chi connectivity index (χ0n) is 11.2. The van der Waals surface area contributed by atoms with E-state index in [2.05, 4.69) is 46.6 Å². The monoisotopic (exact) mass is 257 g/mol. The van der Waals surface area contributed by atoms with Crippen molar-refractivity contribution >= 4 is 0 Å². The molecular formula is C15H19N3O. The Hall–Kier alpha value is -1.68. The molecule has 0 fully saturated rings. The van der Waals surface area contributed by atoms with Gasteiger partial charge in [-0.05, 0) is 17.5 Å². The molecule has 0 saturated heterocycles. The predicted molar refractivity (Wildman–Crippen MR) is 72.9 cm³/mol. The number of unbranched alkanes of at least 4 members (excludes halogenated alkanes) is 1. The number of aromatic nitrogens is 2. The van der Waals surface area contributed by atoms with Gasteiger partial charge in [0.05, 0.1) is 5.92 Å². The average molecular weight is 257 g/mol. The fraction of sp³-hybridized carbons (Fsp3) is 0.467. The standard InChI is InChI=1S/C15H19N3O/c1-2-3-8-14-17-15(19-18-14)13-10-16-9-11-6-4-5-7-12(11)13/h4-7,13,16H,2-3,8-10H2,1H3. The zero-order valence-corrected chi connectivity index (χ0v) is 11.2. The molecule has 0 amide bonds. The minimum atomic E-state index is 0.188. The van der Waals surface area contributed by atoms with Crippen LogP contribution in [0.15, 0.2) is 28.8 Å². The van der Waals surface area contributed by atoms with Gasteiger partial charge >= 0.3 is 0 Å². The molecule has 4 nitrogen and oxygen atoms in total. The molecule has 1 atom stereocenters. The number of benzene rings is 1. The summed E-state index contributed by atoms with van der Waals surface area (Å²) in [6.45, 7) is 3.96. The highest BCUT2D eigenvalue weighted by atomic mass is 16.5. The van der Waals surface area contributed by atoms with E-state index in [4.69, 9.17) is 4.52 Å². The van der Waals surface area contributed by atoms with Crippen LogP contribution in [0.4, 0.5) is 0 Å². The van der Waals surface area contributed by atoms with Crippen LogP contribution < -0.4 is 5.32 Å². The van der Waals surface area contributed by atoms with Crippen LogP contribution in [-0.4, -0.2) is 16.7 Å². The van der Waals surface area contributed by atoms with E-state index < -0.39 is 0 Å². The lowest BCUT2D eigenvalue weighted by molar-refractivity contribution is 0.352. The van der Waals surface area contributed by atoms with Crippen molar-refractivity contribution in [2.24, 2.45) is 0 Å². The van der Waals surface area contributed by atoms with Gasteiger partial charge in [-0.15, -0.1) is 0 Å². The van der Waals surface area contributed by atoms with Gasteiger partial charge in [0, 0.05) is 19.5 Å². The van der Waals surface area contributed by atoms with Crippen LogP contribution in [0.25, 0.3) is 0 Å². The summed E-state index contributed by atoms with van der Waals surface area (Å²) >= 11 is 0.